The number of thiazole rings is 1. The van der Waals surface area contributed by atoms with Crippen LogP contribution in [-0.4, -0.2) is 42.5 Å². The maximum absolute atomic E-state index is 13.5. The van der Waals surface area contributed by atoms with Crippen molar-refractivity contribution in [1.29, 1.82) is 5.26 Å². The van der Waals surface area contributed by atoms with Crippen molar-refractivity contribution in [2.45, 2.75) is 5.92 Å². The van der Waals surface area contributed by atoms with Gasteiger partial charge in [0.25, 0.3) is 11.5 Å². The Bertz CT molecular complexity index is 1300. The average molecular weight is 428 g/mol. The van der Waals surface area contributed by atoms with E-state index < -0.39 is 29.2 Å². The number of hydrogen-bond acceptors (Lipinski definition) is 7. The summed E-state index contributed by atoms with van der Waals surface area (Å²) in [6.07, 6.45) is 1.00. The Morgan fingerprint density at radius 2 is 1.97 bits per heavy atom. The summed E-state index contributed by atoms with van der Waals surface area (Å²) in [5.74, 6) is -2.74. The van der Waals surface area contributed by atoms with Crippen LogP contribution in [0.25, 0.3) is 17.5 Å². The molecule has 3 rings (SSSR count). The maximum atomic E-state index is 13.5. The fourth-order valence-electron chi connectivity index (χ4n) is 3.15. The Balaban J connectivity index is 2.50. The van der Waals surface area contributed by atoms with Crippen LogP contribution in [0.5, 0.6) is 0 Å². The molecule has 154 valence electrons. The zero-order chi connectivity index (χ0) is 22.2. The Morgan fingerprint density at radius 1 is 1.33 bits per heavy atom. The number of halogens is 1. The van der Waals surface area contributed by atoms with Crippen molar-refractivity contribution in [3.05, 3.63) is 60.8 Å². The molecule has 1 aromatic carbocycles. The third kappa shape index (κ3) is 3.40. The minimum atomic E-state index is -0.908. The van der Waals surface area contributed by atoms with Crippen LogP contribution in [0.2, 0.25) is 0 Å². The van der Waals surface area contributed by atoms with E-state index in [0.29, 0.717) is 5.56 Å². The van der Waals surface area contributed by atoms with Gasteiger partial charge in [-0.25, -0.2) is 9.18 Å². The van der Waals surface area contributed by atoms with E-state index in [-0.39, 0.29) is 26.2 Å². The van der Waals surface area contributed by atoms with Gasteiger partial charge in [-0.2, -0.15) is 5.26 Å². The summed E-state index contributed by atoms with van der Waals surface area (Å²) >= 11 is 0.889. The number of allylic oxidation sites excluding steroid dienone is 1. The lowest BCUT2D eigenvalue weighted by Gasteiger charge is -2.26. The Labute approximate surface area is 174 Å². The molecule has 1 aromatic heterocycles. The Morgan fingerprint density at radius 3 is 2.50 bits per heavy atom. The molecule has 10 heteroatoms. The number of nitriles is 1. The molecule has 2 aromatic rings. The smallest absolute Gasteiger partial charge is 0.332 e. The van der Waals surface area contributed by atoms with E-state index in [0.717, 1.165) is 22.0 Å². The SMILES string of the molecule is COC(=O)/C=c1\sc2n(c1=O)C(N)=C(C#N)[C@H](c1ccc(F)cc1)C=2C(=O)N(C)C. The van der Waals surface area contributed by atoms with E-state index in [1.54, 1.807) is 0 Å². The van der Waals surface area contributed by atoms with Gasteiger partial charge in [-0.15, -0.1) is 11.3 Å². The number of hydrogen-bond donors (Lipinski definition) is 1. The molecule has 1 aliphatic heterocycles. The van der Waals surface area contributed by atoms with Gasteiger partial charge >= 0.3 is 5.97 Å². The zero-order valence-electron chi connectivity index (χ0n) is 16.3. The molecule has 0 aliphatic carbocycles. The molecule has 1 amide bonds. The Hall–Kier alpha value is -3.71. The number of ether oxygens (including phenoxy) is 1. The van der Waals surface area contributed by atoms with E-state index in [9.17, 15) is 24.0 Å². The second-order valence-electron chi connectivity index (χ2n) is 6.59. The number of rotatable bonds is 3. The van der Waals surface area contributed by atoms with Gasteiger partial charge < -0.3 is 15.4 Å². The Kier molecular flexibility index (Phi) is 5.58. The molecule has 0 saturated heterocycles. The first-order valence-electron chi connectivity index (χ1n) is 8.64. The number of amides is 1. The molecule has 2 N–H and O–H groups in total. The van der Waals surface area contributed by atoms with Gasteiger partial charge in [-0.05, 0) is 17.7 Å². The summed E-state index contributed by atoms with van der Waals surface area (Å²) in [5, 5.41) is 9.80. The van der Waals surface area contributed by atoms with Crippen LogP contribution < -0.4 is 20.5 Å². The topological polar surface area (TPSA) is 118 Å². The van der Waals surface area contributed by atoms with Crippen molar-refractivity contribution in [3.63, 3.8) is 0 Å². The van der Waals surface area contributed by atoms with Crippen LogP contribution >= 0.6 is 11.3 Å². The minimum Gasteiger partial charge on any atom is -0.466 e. The molecule has 0 unspecified atom stereocenters. The van der Waals surface area contributed by atoms with E-state index in [2.05, 4.69) is 4.74 Å². The molecule has 1 atom stereocenters. The van der Waals surface area contributed by atoms with Crippen molar-refractivity contribution < 1.29 is 18.7 Å². The first kappa shape index (κ1) is 21.0. The van der Waals surface area contributed by atoms with E-state index in [1.165, 1.54) is 50.4 Å². The number of methoxy groups -OCH3 is 1. The molecule has 0 radical (unpaired) electrons. The summed E-state index contributed by atoms with van der Waals surface area (Å²) in [6, 6.07) is 7.32. The molecule has 0 saturated carbocycles. The number of nitrogens with zero attached hydrogens (tertiary/aromatic N) is 3. The average Bonchev–Trinajstić information content (AvgIpc) is 3.04. The number of carbonyl (C=O) groups is 2. The third-order valence-electron chi connectivity index (χ3n) is 4.56. The van der Waals surface area contributed by atoms with Crippen molar-refractivity contribution in [3.8, 4) is 6.07 Å². The highest BCUT2D eigenvalue weighted by molar-refractivity contribution is 7.07. The third-order valence-corrected chi connectivity index (χ3v) is 5.67. The van der Waals surface area contributed by atoms with Gasteiger partial charge in [-0.3, -0.25) is 14.2 Å². The van der Waals surface area contributed by atoms with Crippen LogP contribution in [-0.2, 0) is 14.3 Å². The first-order chi connectivity index (χ1) is 14.2. The second kappa shape index (κ2) is 7.96. The molecule has 2 heterocycles. The number of esters is 1. The summed E-state index contributed by atoms with van der Waals surface area (Å²) in [6.45, 7) is 0. The van der Waals surface area contributed by atoms with Crippen LogP contribution in [0.1, 0.15) is 11.5 Å². The summed E-state index contributed by atoms with van der Waals surface area (Å²) in [7, 11) is 4.23. The van der Waals surface area contributed by atoms with Crippen molar-refractivity contribution in [2.75, 3.05) is 21.2 Å². The molecular formula is C20H17FN4O4S. The van der Waals surface area contributed by atoms with Crippen LogP contribution in [0, 0.1) is 17.1 Å². The predicted molar refractivity (Wildman–Crippen MR) is 109 cm³/mol. The second-order valence-corrected chi connectivity index (χ2v) is 7.62. The van der Waals surface area contributed by atoms with Crippen LogP contribution in [0.15, 0.2) is 34.6 Å². The molecule has 0 fully saturated rings. The minimum absolute atomic E-state index is 0.000835. The molecule has 0 bridgehead atoms. The van der Waals surface area contributed by atoms with Crippen LogP contribution in [0.3, 0.4) is 0 Å². The van der Waals surface area contributed by atoms with Crippen molar-refractivity contribution in [1.82, 2.24) is 9.47 Å². The quantitative estimate of drug-likeness (QED) is 0.670. The monoisotopic (exact) mass is 428 g/mol. The number of benzene rings is 1. The van der Waals surface area contributed by atoms with E-state index in [4.69, 9.17) is 5.73 Å². The fourth-order valence-corrected chi connectivity index (χ4v) is 4.28. The predicted octanol–water partition coefficient (Wildman–Crippen LogP) is -0.310. The standard InChI is InChI=1S/C20H17FN4O4S/c1-24(2)19(28)16-15(10-4-6-11(21)7-5-10)12(9-22)17(23)25-18(27)13(30-20(16)25)8-14(26)29-3/h4-8,15H,23H2,1-3H3/b13-8-/t15-/m0/s1. The largest absolute Gasteiger partial charge is 0.466 e. The molecule has 1 aliphatic rings. The summed E-state index contributed by atoms with van der Waals surface area (Å²) < 4.78 is 19.3. The first-order valence-corrected chi connectivity index (χ1v) is 9.45. The fraction of sp³-hybridized carbons (Fsp3) is 0.200. The maximum Gasteiger partial charge on any atom is 0.332 e. The lowest BCUT2D eigenvalue weighted by molar-refractivity contribution is -0.133. The van der Waals surface area contributed by atoms with Gasteiger partial charge in [0.1, 0.15) is 20.8 Å². The summed E-state index contributed by atoms with van der Waals surface area (Å²) in [5.41, 5.74) is 6.08. The number of aromatic nitrogens is 1. The highest BCUT2D eigenvalue weighted by Gasteiger charge is 2.36. The lowest BCUT2D eigenvalue weighted by atomic mass is 9.83. The van der Waals surface area contributed by atoms with Gasteiger partial charge in [0.05, 0.1) is 30.2 Å². The van der Waals surface area contributed by atoms with E-state index >= 15 is 0 Å². The zero-order valence-corrected chi connectivity index (χ0v) is 17.1. The highest BCUT2D eigenvalue weighted by Crippen LogP contribution is 2.36. The van der Waals surface area contributed by atoms with Crippen molar-refractivity contribution in [2.24, 2.45) is 5.73 Å². The summed E-state index contributed by atoms with van der Waals surface area (Å²) in [4.78, 5) is 39.0. The number of fused-ring (bicyclic) bond motifs is 1. The van der Waals surface area contributed by atoms with E-state index in [1.807, 2.05) is 6.07 Å². The lowest BCUT2D eigenvalue weighted by Crippen LogP contribution is -2.41. The number of carbonyl (C=O) groups excluding carboxylic acids is 2. The van der Waals surface area contributed by atoms with Crippen LogP contribution in [0.4, 0.5) is 4.39 Å². The molecule has 0 spiro atoms. The van der Waals surface area contributed by atoms with Gasteiger partial charge in [-0.1, -0.05) is 12.1 Å². The van der Waals surface area contributed by atoms with Crippen molar-refractivity contribution >= 4 is 40.7 Å². The van der Waals surface area contributed by atoms with Gasteiger partial charge in [0.2, 0.25) is 0 Å². The number of nitrogens with two attached hydrogens (primary N) is 1. The molecule has 30 heavy (non-hydrogen) atoms. The molecular weight excluding hydrogens is 411 g/mol. The highest BCUT2D eigenvalue weighted by atomic mass is 32.1. The normalized spacial score (nSPS) is 16.2. The van der Waals surface area contributed by atoms with Gasteiger partial charge in [0.15, 0.2) is 0 Å². The van der Waals surface area contributed by atoms with Gasteiger partial charge in [0, 0.05) is 20.2 Å². The molecule has 8 nitrogen and oxygen atoms in total.